The van der Waals surface area contributed by atoms with Gasteiger partial charge in [-0.15, -0.1) is 10.2 Å². The number of urea groups is 1. The SMILES string of the molecule is O=C(N1C=CC=CC1)N1CCN(Cc2ccc(C(F)(F)F)c(-c3nnco3)c2)CC1. The van der Waals surface area contributed by atoms with Crippen LogP contribution in [0.4, 0.5) is 18.0 Å². The smallest absolute Gasteiger partial charge is 0.417 e. The van der Waals surface area contributed by atoms with Crippen molar-refractivity contribution in [2.75, 3.05) is 32.7 Å². The van der Waals surface area contributed by atoms with Crippen LogP contribution in [0.2, 0.25) is 0 Å². The van der Waals surface area contributed by atoms with Gasteiger partial charge in [-0.1, -0.05) is 18.2 Å². The van der Waals surface area contributed by atoms with Gasteiger partial charge in [0.2, 0.25) is 12.3 Å². The fourth-order valence-electron chi connectivity index (χ4n) is 3.55. The number of halogens is 3. The second kappa shape index (κ2) is 8.31. The molecule has 0 atom stereocenters. The molecule has 10 heteroatoms. The van der Waals surface area contributed by atoms with Gasteiger partial charge in [-0.05, 0) is 23.8 Å². The van der Waals surface area contributed by atoms with E-state index < -0.39 is 11.7 Å². The number of carbonyl (C=O) groups is 1. The van der Waals surface area contributed by atoms with E-state index in [9.17, 15) is 18.0 Å². The molecule has 0 bridgehead atoms. The summed E-state index contributed by atoms with van der Waals surface area (Å²) in [5.74, 6) is -0.164. The number of hydrogen-bond acceptors (Lipinski definition) is 5. The Morgan fingerprint density at radius 1 is 1.13 bits per heavy atom. The Morgan fingerprint density at radius 3 is 2.57 bits per heavy atom. The molecule has 0 unspecified atom stereocenters. The summed E-state index contributed by atoms with van der Waals surface area (Å²) in [6.07, 6.45) is 3.88. The second-order valence-corrected chi connectivity index (χ2v) is 7.09. The minimum absolute atomic E-state index is 0.0385. The zero-order valence-corrected chi connectivity index (χ0v) is 16.0. The van der Waals surface area contributed by atoms with Crippen LogP contribution in [0.25, 0.3) is 11.5 Å². The molecule has 0 saturated carbocycles. The van der Waals surface area contributed by atoms with Crippen LogP contribution < -0.4 is 0 Å². The maximum Gasteiger partial charge on any atom is 0.417 e. The Kier molecular flexibility index (Phi) is 5.58. The fourth-order valence-corrected chi connectivity index (χ4v) is 3.55. The average molecular weight is 419 g/mol. The molecule has 0 aliphatic carbocycles. The molecule has 1 fully saturated rings. The average Bonchev–Trinajstić information content (AvgIpc) is 3.28. The third kappa shape index (κ3) is 4.38. The van der Waals surface area contributed by atoms with Gasteiger partial charge in [0.25, 0.3) is 0 Å². The highest BCUT2D eigenvalue weighted by molar-refractivity contribution is 5.76. The van der Waals surface area contributed by atoms with Crippen molar-refractivity contribution in [1.82, 2.24) is 24.9 Å². The highest BCUT2D eigenvalue weighted by atomic mass is 19.4. The maximum atomic E-state index is 13.4. The summed E-state index contributed by atoms with van der Waals surface area (Å²) in [6.45, 7) is 3.41. The molecule has 2 amide bonds. The molecular formula is C20H20F3N5O2. The maximum absolute atomic E-state index is 13.4. The molecule has 0 spiro atoms. The number of carbonyl (C=O) groups excluding carboxylic acids is 1. The number of hydrogen-bond donors (Lipinski definition) is 0. The van der Waals surface area contributed by atoms with Crippen molar-refractivity contribution in [2.45, 2.75) is 12.7 Å². The van der Waals surface area contributed by atoms with E-state index in [1.54, 1.807) is 16.0 Å². The van der Waals surface area contributed by atoms with Gasteiger partial charge in [0.05, 0.1) is 11.1 Å². The standard InChI is InChI=1S/C20H20F3N5O2/c21-20(22,23)17-5-4-15(12-16(17)18-25-24-14-30-18)13-26-8-10-28(11-9-26)19(29)27-6-2-1-3-7-27/h1-6,12,14H,7-11,13H2. The molecule has 158 valence electrons. The van der Waals surface area contributed by atoms with Crippen molar-refractivity contribution in [3.63, 3.8) is 0 Å². The summed E-state index contributed by atoms with van der Waals surface area (Å²) < 4.78 is 45.1. The van der Waals surface area contributed by atoms with E-state index in [1.807, 2.05) is 18.2 Å². The predicted molar refractivity (Wildman–Crippen MR) is 102 cm³/mol. The van der Waals surface area contributed by atoms with Crippen molar-refractivity contribution in [3.05, 3.63) is 60.1 Å². The Morgan fingerprint density at radius 2 is 1.93 bits per heavy atom. The van der Waals surface area contributed by atoms with Crippen molar-refractivity contribution >= 4 is 6.03 Å². The van der Waals surface area contributed by atoms with Crippen LogP contribution in [0.15, 0.2) is 53.4 Å². The zero-order chi connectivity index (χ0) is 21.1. The van der Waals surface area contributed by atoms with Crippen molar-refractivity contribution in [2.24, 2.45) is 0 Å². The van der Waals surface area contributed by atoms with Crippen LogP contribution in [0.3, 0.4) is 0 Å². The fraction of sp³-hybridized carbons (Fsp3) is 0.350. The third-order valence-electron chi connectivity index (χ3n) is 5.09. The largest absolute Gasteiger partial charge is 0.423 e. The van der Waals surface area contributed by atoms with Gasteiger partial charge in [-0.2, -0.15) is 13.2 Å². The number of aromatic nitrogens is 2. The van der Waals surface area contributed by atoms with Gasteiger partial charge >= 0.3 is 12.2 Å². The molecule has 2 aliphatic rings. The number of piperazine rings is 1. The quantitative estimate of drug-likeness (QED) is 0.763. The van der Waals surface area contributed by atoms with Crippen LogP contribution in [0.1, 0.15) is 11.1 Å². The topological polar surface area (TPSA) is 65.7 Å². The van der Waals surface area contributed by atoms with Gasteiger partial charge in [0.15, 0.2) is 0 Å². The summed E-state index contributed by atoms with van der Waals surface area (Å²) in [7, 11) is 0. The third-order valence-corrected chi connectivity index (χ3v) is 5.09. The normalized spacial score (nSPS) is 17.6. The molecule has 1 saturated heterocycles. The Balaban J connectivity index is 1.42. The molecule has 0 N–H and O–H groups in total. The predicted octanol–water partition coefficient (Wildman–Crippen LogP) is 3.38. The summed E-state index contributed by atoms with van der Waals surface area (Å²) in [6, 6.07) is 3.91. The minimum Gasteiger partial charge on any atom is -0.423 e. The molecule has 0 radical (unpaired) electrons. The van der Waals surface area contributed by atoms with E-state index in [1.165, 1.54) is 12.1 Å². The first-order valence-corrected chi connectivity index (χ1v) is 9.50. The number of amides is 2. The van der Waals surface area contributed by atoms with Gasteiger partial charge in [-0.25, -0.2) is 4.79 Å². The highest BCUT2D eigenvalue weighted by Gasteiger charge is 2.35. The number of nitrogens with zero attached hydrogens (tertiary/aromatic N) is 5. The van der Waals surface area contributed by atoms with Gasteiger partial charge < -0.3 is 9.32 Å². The number of rotatable bonds is 3. The molecule has 30 heavy (non-hydrogen) atoms. The summed E-state index contributed by atoms with van der Waals surface area (Å²) in [5, 5.41) is 7.12. The first-order valence-electron chi connectivity index (χ1n) is 9.50. The van der Waals surface area contributed by atoms with Crippen LogP contribution in [-0.4, -0.2) is 63.7 Å². The van der Waals surface area contributed by atoms with E-state index in [0.717, 1.165) is 12.5 Å². The van der Waals surface area contributed by atoms with Crippen molar-refractivity contribution in [3.8, 4) is 11.5 Å². The van der Waals surface area contributed by atoms with E-state index in [2.05, 4.69) is 15.1 Å². The molecule has 1 aromatic carbocycles. The number of allylic oxidation sites excluding steroid dienone is 2. The summed E-state index contributed by atoms with van der Waals surface area (Å²) >= 11 is 0. The molecule has 1 aromatic heterocycles. The van der Waals surface area contributed by atoms with E-state index >= 15 is 0 Å². The lowest BCUT2D eigenvalue weighted by molar-refractivity contribution is -0.137. The molecule has 7 nitrogen and oxygen atoms in total. The second-order valence-electron chi connectivity index (χ2n) is 7.09. The summed E-state index contributed by atoms with van der Waals surface area (Å²) in [4.78, 5) is 18.1. The van der Waals surface area contributed by atoms with E-state index in [4.69, 9.17) is 4.42 Å². The number of benzene rings is 1. The Labute approximate surface area is 171 Å². The van der Waals surface area contributed by atoms with Gasteiger partial charge in [0, 0.05) is 45.5 Å². The highest BCUT2D eigenvalue weighted by Crippen LogP contribution is 2.37. The lowest BCUT2D eigenvalue weighted by Crippen LogP contribution is -2.51. The van der Waals surface area contributed by atoms with Crippen LogP contribution in [0, 0.1) is 0 Å². The van der Waals surface area contributed by atoms with Crippen molar-refractivity contribution in [1.29, 1.82) is 0 Å². The molecular weight excluding hydrogens is 399 g/mol. The summed E-state index contributed by atoms with van der Waals surface area (Å²) in [5.41, 5.74) is -0.231. The minimum atomic E-state index is -4.52. The Bertz CT molecular complexity index is 948. The zero-order valence-electron chi connectivity index (χ0n) is 16.0. The first kappa shape index (κ1) is 20.1. The molecule has 2 aliphatic heterocycles. The van der Waals surface area contributed by atoms with Gasteiger partial charge in [0.1, 0.15) is 0 Å². The van der Waals surface area contributed by atoms with Crippen LogP contribution in [0.5, 0.6) is 0 Å². The van der Waals surface area contributed by atoms with E-state index in [-0.39, 0.29) is 17.5 Å². The lowest BCUT2D eigenvalue weighted by Gasteiger charge is -2.37. The van der Waals surface area contributed by atoms with Crippen LogP contribution in [-0.2, 0) is 12.7 Å². The Hall–Kier alpha value is -3.14. The van der Waals surface area contributed by atoms with E-state index in [0.29, 0.717) is 44.8 Å². The number of alkyl halides is 3. The molecule has 4 rings (SSSR count). The van der Waals surface area contributed by atoms with Crippen molar-refractivity contribution < 1.29 is 22.4 Å². The molecule has 2 aromatic rings. The lowest BCUT2D eigenvalue weighted by atomic mass is 10.0. The molecule has 3 heterocycles. The van der Waals surface area contributed by atoms with Gasteiger partial charge in [-0.3, -0.25) is 9.80 Å². The van der Waals surface area contributed by atoms with Crippen LogP contribution >= 0.6 is 0 Å². The monoisotopic (exact) mass is 419 g/mol. The first-order chi connectivity index (χ1) is 14.4.